The first kappa shape index (κ1) is 8.34. The molecule has 0 spiro atoms. The molecule has 0 amide bonds. The molecule has 2 nitrogen and oxygen atoms in total. The first-order chi connectivity index (χ1) is 5.27. The molecule has 0 aromatic rings. The lowest BCUT2D eigenvalue weighted by atomic mass is 10.0. The highest BCUT2D eigenvalue weighted by Gasteiger charge is 2.11. The van der Waals surface area contributed by atoms with Gasteiger partial charge >= 0.3 is 0 Å². The molecule has 2 heteroatoms. The maximum Gasteiger partial charge on any atom is 0.120 e. The van der Waals surface area contributed by atoms with Crippen molar-refractivity contribution in [1.82, 2.24) is 0 Å². The van der Waals surface area contributed by atoms with Gasteiger partial charge in [-0.25, -0.2) is 0 Å². The van der Waals surface area contributed by atoms with Crippen LogP contribution < -0.4 is 0 Å². The quantitative estimate of drug-likeness (QED) is 0.604. The van der Waals surface area contributed by atoms with Crippen LogP contribution in [0.5, 0.6) is 0 Å². The van der Waals surface area contributed by atoms with Crippen molar-refractivity contribution < 1.29 is 9.47 Å². The Labute approximate surface area is 67.5 Å². The molecule has 0 bridgehead atoms. The molecule has 62 valence electrons. The molecule has 1 aliphatic rings. The maximum absolute atomic E-state index is 5.17. The van der Waals surface area contributed by atoms with E-state index in [1.54, 1.807) is 14.2 Å². The Morgan fingerprint density at radius 2 is 2.18 bits per heavy atom. The minimum Gasteiger partial charge on any atom is -0.497 e. The van der Waals surface area contributed by atoms with Crippen LogP contribution in [0.3, 0.4) is 0 Å². The molecule has 1 atom stereocenters. The molecule has 0 heterocycles. The molecule has 0 radical (unpaired) electrons. The molecule has 0 aromatic carbocycles. The van der Waals surface area contributed by atoms with Gasteiger partial charge in [-0.15, -0.1) is 0 Å². The fraction of sp³-hybridized carbons (Fsp3) is 0.556. The van der Waals surface area contributed by atoms with Gasteiger partial charge in [0.05, 0.1) is 13.2 Å². The van der Waals surface area contributed by atoms with Gasteiger partial charge in [0.25, 0.3) is 0 Å². The molecule has 1 unspecified atom stereocenters. The lowest BCUT2D eigenvalue weighted by Crippen LogP contribution is -2.11. The van der Waals surface area contributed by atoms with E-state index in [1.165, 1.54) is 5.57 Å². The van der Waals surface area contributed by atoms with Crippen molar-refractivity contribution in [3.63, 3.8) is 0 Å². The van der Waals surface area contributed by atoms with Gasteiger partial charge in [0.1, 0.15) is 5.76 Å². The Bertz CT molecular complexity index is 192. The van der Waals surface area contributed by atoms with Gasteiger partial charge in [0, 0.05) is 7.11 Å². The highest BCUT2D eigenvalue weighted by Crippen LogP contribution is 2.19. The summed E-state index contributed by atoms with van der Waals surface area (Å²) in [5, 5.41) is 0. The van der Waals surface area contributed by atoms with Crippen LogP contribution in [0.25, 0.3) is 0 Å². The second-order valence-electron chi connectivity index (χ2n) is 2.63. The summed E-state index contributed by atoms with van der Waals surface area (Å²) in [4.78, 5) is 0. The van der Waals surface area contributed by atoms with E-state index in [1.807, 2.05) is 13.0 Å². The van der Waals surface area contributed by atoms with Gasteiger partial charge in [0.15, 0.2) is 0 Å². The monoisotopic (exact) mass is 154 g/mol. The Morgan fingerprint density at radius 3 is 2.73 bits per heavy atom. The second kappa shape index (κ2) is 3.58. The van der Waals surface area contributed by atoms with Gasteiger partial charge in [-0.1, -0.05) is 6.08 Å². The molecule has 0 aliphatic heterocycles. The number of ether oxygens (including phenoxy) is 2. The highest BCUT2D eigenvalue weighted by atomic mass is 16.5. The van der Waals surface area contributed by atoms with Crippen LogP contribution in [0.2, 0.25) is 0 Å². The van der Waals surface area contributed by atoms with Crippen molar-refractivity contribution >= 4 is 0 Å². The predicted molar refractivity (Wildman–Crippen MR) is 44.3 cm³/mol. The minimum absolute atomic E-state index is 0.189. The number of rotatable bonds is 2. The van der Waals surface area contributed by atoms with Crippen LogP contribution >= 0.6 is 0 Å². The van der Waals surface area contributed by atoms with Gasteiger partial charge in [-0.2, -0.15) is 0 Å². The van der Waals surface area contributed by atoms with Crippen molar-refractivity contribution in [3.8, 4) is 0 Å². The van der Waals surface area contributed by atoms with Gasteiger partial charge in [0.2, 0.25) is 0 Å². The van der Waals surface area contributed by atoms with Crippen LogP contribution in [0.1, 0.15) is 13.3 Å². The maximum atomic E-state index is 5.17. The van der Waals surface area contributed by atoms with E-state index in [-0.39, 0.29) is 6.10 Å². The summed E-state index contributed by atoms with van der Waals surface area (Å²) in [6.45, 7) is 2.04. The summed E-state index contributed by atoms with van der Waals surface area (Å²) in [6, 6.07) is 0. The second-order valence-corrected chi connectivity index (χ2v) is 2.63. The van der Waals surface area contributed by atoms with Gasteiger partial charge in [-0.05, 0) is 25.0 Å². The molecular weight excluding hydrogens is 140 g/mol. The SMILES string of the molecule is COC1=CC(OC)CC=C1C. The Morgan fingerprint density at radius 1 is 1.45 bits per heavy atom. The molecule has 1 aliphatic carbocycles. The molecule has 0 N–H and O–H groups in total. The number of allylic oxidation sites excluding steroid dienone is 1. The number of hydrogen-bond acceptors (Lipinski definition) is 2. The van der Waals surface area contributed by atoms with Crippen LogP contribution in [0.4, 0.5) is 0 Å². The van der Waals surface area contributed by atoms with E-state index >= 15 is 0 Å². The molecule has 0 fully saturated rings. The van der Waals surface area contributed by atoms with Crippen molar-refractivity contribution in [2.75, 3.05) is 14.2 Å². The third-order valence-corrected chi connectivity index (χ3v) is 1.90. The Hall–Kier alpha value is -0.760. The van der Waals surface area contributed by atoms with Crippen LogP contribution in [-0.2, 0) is 9.47 Å². The zero-order chi connectivity index (χ0) is 8.27. The molecule has 11 heavy (non-hydrogen) atoms. The summed E-state index contributed by atoms with van der Waals surface area (Å²) in [6.07, 6.45) is 5.28. The van der Waals surface area contributed by atoms with Crippen molar-refractivity contribution in [2.45, 2.75) is 19.4 Å². The normalized spacial score (nSPS) is 24.1. The molecule has 0 saturated heterocycles. The summed E-state index contributed by atoms with van der Waals surface area (Å²) in [5.74, 6) is 0.933. The molecular formula is C9H14O2. The lowest BCUT2D eigenvalue weighted by molar-refractivity contribution is 0.136. The van der Waals surface area contributed by atoms with E-state index in [0.29, 0.717) is 0 Å². The third-order valence-electron chi connectivity index (χ3n) is 1.90. The molecule has 0 aromatic heterocycles. The van der Waals surface area contributed by atoms with E-state index < -0.39 is 0 Å². The van der Waals surface area contributed by atoms with Crippen molar-refractivity contribution in [3.05, 3.63) is 23.5 Å². The highest BCUT2D eigenvalue weighted by molar-refractivity contribution is 5.28. The van der Waals surface area contributed by atoms with Crippen molar-refractivity contribution in [1.29, 1.82) is 0 Å². The summed E-state index contributed by atoms with van der Waals surface area (Å²) in [7, 11) is 3.39. The number of hydrogen-bond donors (Lipinski definition) is 0. The number of methoxy groups -OCH3 is 2. The van der Waals surface area contributed by atoms with E-state index in [0.717, 1.165) is 12.2 Å². The third kappa shape index (κ3) is 1.84. The first-order valence-electron chi connectivity index (χ1n) is 3.73. The fourth-order valence-corrected chi connectivity index (χ4v) is 1.16. The topological polar surface area (TPSA) is 18.5 Å². The molecule has 1 rings (SSSR count). The van der Waals surface area contributed by atoms with Crippen molar-refractivity contribution in [2.24, 2.45) is 0 Å². The average Bonchev–Trinajstić information content (AvgIpc) is 2.05. The lowest BCUT2D eigenvalue weighted by Gasteiger charge is -2.17. The fourth-order valence-electron chi connectivity index (χ4n) is 1.16. The average molecular weight is 154 g/mol. The van der Waals surface area contributed by atoms with Crippen LogP contribution in [-0.4, -0.2) is 20.3 Å². The molecule has 0 saturated carbocycles. The van der Waals surface area contributed by atoms with Gasteiger partial charge < -0.3 is 9.47 Å². The standard InChI is InChI=1S/C9H14O2/c1-7-4-5-8(10-2)6-9(7)11-3/h4,6,8H,5H2,1-3H3. The Kier molecular flexibility index (Phi) is 2.71. The van der Waals surface area contributed by atoms with Crippen LogP contribution in [0, 0.1) is 0 Å². The van der Waals surface area contributed by atoms with Crippen LogP contribution in [0.15, 0.2) is 23.5 Å². The zero-order valence-electron chi connectivity index (χ0n) is 7.26. The first-order valence-corrected chi connectivity index (χ1v) is 3.73. The van der Waals surface area contributed by atoms with E-state index in [4.69, 9.17) is 9.47 Å². The Balaban J connectivity index is 2.69. The smallest absolute Gasteiger partial charge is 0.120 e. The predicted octanol–water partition coefficient (Wildman–Crippen LogP) is 1.88. The van der Waals surface area contributed by atoms with Gasteiger partial charge in [-0.3, -0.25) is 0 Å². The zero-order valence-corrected chi connectivity index (χ0v) is 7.26. The summed E-state index contributed by atoms with van der Waals surface area (Å²) in [5.41, 5.74) is 1.20. The minimum atomic E-state index is 0.189. The van der Waals surface area contributed by atoms with E-state index in [2.05, 4.69) is 6.08 Å². The van der Waals surface area contributed by atoms with E-state index in [9.17, 15) is 0 Å². The largest absolute Gasteiger partial charge is 0.497 e. The summed E-state index contributed by atoms with van der Waals surface area (Å²) < 4.78 is 10.3. The summed E-state index contributed by atoms with van der Waals surface area (Å²) >= 11 is 0.